The molecule has 1 amide bonds. The predicted molar refractivity (Wildman–Crippen MR) is 95.2 cm³/mol. The molecule has 0 aliphatic heterocycles. The van der Waals surface area contributed by atoms with Crippen molar-refractivity contribution in [3.8, 4) is 5.75 Å². The van der Waals surface area contributed by atoms with Crippen LogP contribution in [0.15, 0.2) is 42.5 Å². The van der Waals surface area contributed by atoms with Gasteiger partial charge in [0.25, 0.3) is 0 Å². The van der Waals surface area contributed by atoms with E-state index in [9.17, 15) is 17.6 Å². The number of carbonyl (C=O) groups excluding carboxylic acids is 1. The minimum absolute atomic E-state index is 0.0426. The number of nitrogens with zero attached hydrogens (tertiary/aromatic N) is 1. The van der Waals surface area contributed by atoms with Crippen LogP contribution >= 0.6 is 11.6 Å². The molecule has 0 heterocycles. The van der Waals surface area contributed by atoms with E-state index in [0.29, 0.717) is 0 Å². The lowest BCUT2D eigenvalue weighted by atomic mass is 10.3. The number of ether oxygens (including phenoxy) is 1. The number of benzene rings is 2. The van der Waals surface area contributed by atoms with Gasteiger partial charge in [0, 0.05) is 5.02 Å². The Morgan fingerprint density at radius 2 is 1.96 bits per heavy atom. The van der Waals surface area contributed by atoms with Crippen LogP contribution in [0, 0.1) is 5.82 Å². The summed E-state index contributed by atoms with van der Waals surface area (Å²) in [6.45, 7) is -0.566. The molecule has 0 atom stereocenters. The molecule has 134 valence electrons. The molecular formula is C16H16ClFN2O4S. The zero-order chi connectivity index (χ0) is 18.6. The molecule has 0 saturated heterocycles. The van der Waals surface area contributed by atoms with Crippen LogP contribution in [0.2, 0.25) is 5.02 Å². The van der Waals surface area contributed by atoms with Gasteiger partial charge in [0.15, 0.2) is 0 Å². The van der Waals surface area contributed by atoms with Crippen LogP contribution in [-0.2, 0) is 14.8 Å². The van der Waals surface area contributed by atoms with Crippen LogP contribution in [0.3, 0.4) is 0 Å². The van der Waals surface area contributed by atoms with Gasteiger partial charge in [-0.2, -0.15) is 0 Å². The molecule has 9 heteroatoms. The zero-order valence-corrected chi connectivity index (χ0v) is 15.1. The smallest absolute Gasteiger partial charge is 0.245 e. The number of halogens is 2. The van der Waals surface area contributed by atoms with Gasteiger partial charge in [0.2, 0.25) is 15.9 Å². The minimum Gasteiger partial charge on any atom is -0.495 e. The van der Waals surface area contributed by atoms with Crippen molar-refractivity contribution in [3.63, 3.8) is 0 Å². The fourth-order valence-corrected chi connectivity index (χ4v) is 3.14. The van der Waals surface area contributed by atoms with Gasteiger partial charge in [-0.05, 0) is 30.3 Å². The highest BCUT2D eigenvalue weighted by atomic mass is 35.5. The average Bonchev–Trinajstić information content (AvgIpc) is 2.54. The van der Waals surface area contributed by atoms with Gasteiger partial charge in [-0.25, -0.2) is 12.8 Å². The summed E-state index contributed by atoms with van der Waals surface area (Å²) in [5.41, 5.74) is 0.0696. The number of carbonyl (C=O) groups is 1. The summed E-state index contributed by atoms with van der Waals surface area (Å²) in [4.78, 5) is 12.2. The molecule has 0 aliphatic rings. The molecule has 0 bridgehead atoms. The Labute approximate surface area is 150 Å². The summed E-state index contributed by atoms with van der Waals surface area (Å²) in [6, 6.07) is 9.98. The second-order valence-electron chi connectivity index (χ2n) is 5.11. The van der Waals surface area contributed by atoms with Gasteiger partial charge >= 0.3 is 0 Å². The number of nitrogens with one attached hydrogen (secondary N) is 1. The highest BCUT2D eigenvalue weighted by Crippen LogP contribution is 2.32. The minimum atomic E-state index is -3.82. The normalized spacial score (nSPS) is 11.0. The number of hydrogen-bond acceptors (Lipinski definition) is 4. The van der Waals surface area contributed by atoms with E-state index in [2.05, 4.69) is 5.32 Å². The van der Waals surface area contributed by atoms with Crippen LogP contribution in [0.25, 0.3) is 0 Å². The molecule has 0 aromatic heterocycles. The Balaban J connectivity index is 2.32. The lowest BCUT2D eigenvalue weighted by Gasteiger charge is -2.24. The number of rotatable bonds is 6. The third kappa shape index (κ3) is 4.83. The molecule has 25 heavy (non-hydrogen) atoms. The van der Waals surface area contributed by atoms with Crippen molar-refractivity contribution in [2.75, 3.05) is 29.5 Å². The Morgan fingerprint density at radius 1 is 1.28 bits per heavy atom. The fourth-order valence-electron chi connectivity index (χ4n) is 2.12. The largest absolute Gasteiger partial charge is 0.495 e. The van der Waals surface area contributed by atoms with Crippen LogP contribution in [-0.4, -0.2) is 34.2 Å². The Bertz CT molecular complexity index is 889. The highest BCUT2D eigenvalue weighted by Gasteiger charge is 2.24. The molecule has 2 aromatic rings. The standard InChI is InChI=1S/C16H16ClFN2O4S/c1-24-15-8-7-11(17)9-14(15)20(25(2,22)23)10-16(21)19-13-6-4-3-5-12(13)18/h3-9H,10H2,1-2H3,(H,19,21). The summed E-state index contributed by atoms with van der Waals surface area (Å²) in [5, 5.41) is 2.62. The van der Waals surface area contributed by atoms with E-state index in [0.717, 1.165) is 10.6 Å². The van der Waals surface area contributed by atoms with E-state index in [1.807, 2.05) is 0 Å². The maximum atomic E-state index is 13.6. The fraction of sp³-hybridized carbons (Fsp3) is 0.188. The average molecular weight is 387 g/mol. The summed E-state index contributed by atoms with van der Waals surface area (Å²) >= 11 is 5.93. The van der Waals surface area contributed by atoms with Crippen molar-refractivity contribution in [1.29, 1.82) is 0 Å². The number of anilines is 2. The summed E-state index contributed by atoms with van der Waals surface area (Å²) in [7, 11) is -2.46. The quantitative estimate of drug-likeness (QED) is 0.828. The van der Waals surface area contributed by atoms with Crippen LogP contribution < -0.4 is 14.4 Å². The maximum Gasteiger partial charge on any atom is 0.245 e. The van der Waals surface area contributed by atoms with Gasteiger partial charge < -0.3 is 10.1 Å². The van der Waals surface area contributed by atoms with Gasteiger partial charge in [-0.15, -0.1) is 0 Å². The first kappa shape index (κ1) is 19.0. The molecule has 0 radical (unpaired) electrons. The van der Waals surface area contributed by atoms with Gasteiger partial charge in [-0.3, -0.25) is 9.10 Å². The van der Waals surface area contributed by atoms with E-state index < -0.39 is 28.3 Å². The van der Waals surface area contributed by atoms with Crippen LogP contribution in [0.5, 0.6) is 5.75 Å². The van der Waals surface area contributed by atoms with Gasteiger partial charge in [0.05, 0.1) is 24.7 Å². The van der Waals surface area contributed by atoms with Crippen molar-refractivity contribution in [1.82, 2.24) is 0 Å². The molecule has 0 unspecified atom stereocenters. The van der Waals surface area contributed by atoms with Crippen molar-refractivity contribution in [2.45, 2.75) is 0 Å². The molecule has 1 N–H and O–H groups in total. The SMILES string of the molecule is COc1ccc(Cl)cc1N(CC(=O)Nc1ccccc1F)S(C)(=O)=O. The lowest BCUT2D eigenvalue weighted by molar-refractivity contribution is -0.114. The highest BCUT2D eigenvalue weighted by molar-refractivity contribution is 7.92. The summed E-state index contributed by atoms with van der Waals surface area (Å²) in [5.74, 6) is -1.10. The molecule has 0 aliphatic carbocycles. The van der Waals surface area contributed by atoms with Crippen LogP contribution in [0.1, 0.15) is 0 Å². The van der Waals surface area contributed by atoms with E-state index in [-0.39, 0.29) is 22.1 Å². The Kier molecular flexibility index (Phi) is 5.86. The van der Waals surface area contributed by atoms with E-state index in [1.165, 1.54) is 43.5 Å². The van der Waals surface area contributed by atoms with Crippen molar-refractivity contribution in [3.05, 3.63) is 53.3 Å². The third-order valence-electron chi connectivity index (χ3n) is 3.25. The van der Waals surface area contributed by atoms with E-state index in [1.54, 1.807) is 6.07 Å². The predicted octanol–water partition coefficient (Wildman–Crippen LogP) is 2.89. The maximum absolute atomic E-state index is 13.6. The van der Waals surface area contributed by atoms with Crippen molar-refractivity contribution < 1.29 is 22.3 Å². The summed E-state index contributed by atoms with van der Waals surface area (Å²) < 4.78 is 43.9. The third-order valence-corrected chi connectivity index (χ3v) is 4.61. The molecular weight excluding hydrogens is 371 g/mol. The molecule has 0 saturated carbocycles. The number of para-hydroxylation sites is 1. The second-order valence-corrected chi connectivity index (χ2v) is 7.46. The number of methoxy groups -OCH3 is 1. The first-order valence-electron chi connectivity index (χ1n) is 7.08. The molecule has 2 aromatic carbocycles. The topological polar surface area (TPSA) is 75.7 Å². The Morgan fingerprint density at radius 3 is 2.56 bits per heavy atom. The Hall–Kier alpha value is -2.32. The van der Waals surface area contributed by atoms with Crippen molar-refractivity contribution in [2.24, 2.45) is 0 Å². The van der Waals surface area contributed by atoms with Crippen LogP contribution in [0.4, 0.5) is 15.8 Å². The van der Waals surface area contributed by atoms with E-state index >= 15 is 0 Å². The second kappa shape index (κ2) is 7.71. The van der Waals surface area contributed by atoms with Crippen molar-refractivity contribution >= 4 is 38.9 Å². The first-order chi connectivity index (χ1) is 11.7. The molecule has 0 fully saturated rings. The summed E-state index contributed by atoms with van der Waals surface area (Å²) in [6.07, 6.45) is 0.948. The number of hydrogen-bond donors (Lipinski definition) is 1. The molecule has 2 rings (SSSR count). The van der Waals surface area contributed by atoms with Gasteiger partial charge in [0.1, 0.15) is 18.1 Å². The molecule has 0 spiro atoms. The zero-order valence-electron chi connectivity index (χ0n) is 13.5. The first-order valence-corrected chi connectivity index (χ1v) is 9.30. The van der Waals surface area contributed by atoms with E-state index in [4.69, 9.17) is 16.3 Å². The monoisotopic (exact) mass is 386 g/mol. The lowest BCUT2D eigenvalue weighted by Crippen LogP contribution is -2.37. The number of amides is 1. The number of sulfonamides is 1. The molecule has 6 nitrogen and oxygen atoms in total. The van der Waals surface area contributed by atoms with Gasteiger partial charge in [-0.1, -0.05) is 23.7 Å².